The summed E-state index contributed by atoms with van der Waals surface area (Å²) in [7, 11) is -4.67. The summed E-state index contributed by atoms with van der Waals surface area (Å²) in [6, 6.07) is 10.8. The summed E-state index contributed by atoms with van der Waals surface area (Å²) >= 11 is 0. The van der Waals surface area contributed by atoms with Gasteiger partial charge in [0.05, 0.1) is 12.7 Å². The highest BCUT2D eigenvalue weighted by atomic mass is 32.3. The van der Waals surface area contributed by atoms with Crippen molar-refractivity contribution in [1.29, 1.82) is 0 Å². The fraction of sp³-hybridized carbons (Fsp3) is 0.619. The minimum atomic E-state index is -4.67. The summed E-state index contributed by atoms with van der Waals surface area (Å²) in [5.41, 5.74) is 5.28. The van der Waals surface area contributed by atoms with Gasteiger partial charge in [0, 0.05) is 42.2 Å². The van der Waals surface area contributed by atoms with Gasteiger partial charge < -0.3 is 9.64 Å². The molecule has 3 saturated heterocycles. The first-order valence-corrected chi connectivity index (χ1v) is 11.9. The Balaban J connectivity index is 0.000000300. The SMILES string of the molecule is C1=C2CN3CCC45c6ccccc6N6CCC(OC1)C(C2CC34)C65.O=S(=O)(O)O. The van der Waals surface area contributed by atoms with Gasteiger partial charge in [0.15, 0.2) is 0 Å². The second kappa shape index (κ2) is 6.04. The lowest BCUT2D eigenvalue weighted by atomic mass is 9.53. The summed E-state index contributed by atoms with van der Waals surface area (Å²) in [6.45, 7) is 4.52. The third-order valence-electron chi connectivity index (χ3n) is 8.33. The monoisotopic (exact) mass is 418 g/mol. The molecule has 156 valence electrons. The Hall–Kier alpha value is -1.45. The van der Waals surface area contributed by atoms with Crippen LogP contribution in [0.2, 0.25) is 0 Å². The zero-order valence-corrected chi connectivity index (χ0v) is 17.0. The number of hydrogen-bond acceptors (Lipinski definition) is 5. The third-order valence-corrected chi connectivity index (χ3v) is 8.33. The molecule has 6 atom stereocenters. The van der Waals surface area contributed by atoms with Crippen molar-refractivity contribution < 1.29 is 22.3 Å². The van der Waals surface area contributed by atoms with E-state index in [2.05, 4.69) is 40.1 Å². The molecule has 0 amide bonds. The van der Waals surface area contributed by atoms with Crippen molar-refractivity contribution in [3.05, 3.63) is 41.5 Å². The first-order chi connectivity index (χ1) is 13.9. The van der Waals surface area contributed by atoms with Crippen molar-refractivity contribution in [1.82, 2.24) is 4.90 Å². The molecule has 5 aliphatic heterocycles. The lowest BCUT2D eigenvalue weighted by Gasteiger charge is -2.59. The van der Waals surface area contributed by atoms with E-state index in [1.54, 1.807) is 16.8 Å². The molecule has 0 radical (unpaired) electrons. The van der Waals surface area contributed by atoms with Crippen LogP contribution >= 0.6 is 0 Å². The highest BCUT2D eigenvalue weighted by Gasteiger charge is 2.69. The number of para-hydroxylation sites is 1. The maximum Gasteiger partial charge on any atom is 0.394 e. The minimum absolute atomic E-state index is 0.371. The molecule has 1 spiro atoms. The number of piperidine rings is 2. The largest absolute Gasteiger partial charge is 0.394 e. The van der Waals surface area contributed by atoms with Crippen LogP contribution in [0.3, 0.4) is 0 Å². The predicted molar refractivity (Wildman–Crippen MR) is 107 cm³/mol. The van der Waals surface area contributed by atoms with E-state index in [-0.39, 0.29) is 0 Å². The van der Waals surface area contributed by atoms with Gasteiger partial charge in [-0.05, 0) is 43.4 Å². The van der Waals surface area contributed by atoms with Crippen molar-refractivity contribution in [3.8, 4) is 0 Å². The van der Waals surface area contributed by atoms with E-state index in [9.17, 15) is 0 Å². The summed E-state index contributed by atoms with van der Waals surface area (Å²) in [6.07, 6.45) is 6.84. The van der Waals surface area contributed by atoms with Crippen LogP contribution in [0.15, 0.2) is 35.9 Å². The maximum atomic E-state index is 8.74. The summed E-state index contributed by atoms with van der Waals surface area (Å²) < 4.78 is 38.0. The van der Waals surface area contributed by atoms with Crippen LogP contribution in [-0.4, -0.2) is 66.9 Å². The van der Waals surface area contributed by atoms with Gasteiger partial charge in [-0.3, -0.25) is 14.0 Å². The topological polar surface area (TPSA) is 90.3 Å². The summed E-state index contributed by atoms with van der Waals surface area (Å²) in [4.78, 5) is 5.62. The van der Waals surface area contributed by atoms with E-state index in [4.69, 9.17) is 22.3 Å². The van der Waals surface area contributed by atoms with Crippen molar-refractivity contribution in [2.75, 3.05) is 31.1 Å². The number of fused-ring (bicyclic) bond motifs is 2. The fourth-order valence-corrected chi connectivity index (χ4v) is 7.68. The van der Waals surface area contributed by atoms with Crippen LogP contribution < -0.4 is 4.90 Å². The molecule has 29 heavy (non-hydrogen) atoms. The molecule has 2 N–H and O–H groups in total. The van der Waals surface area contributed by atoms with Gasteiger partial charge in [0.1, 0.15) is 0 Å². The molecule has 7 rings (SSSR count). The zero-order chi connectivity index (χ0) is 20.0. The number of benzene rings is 1. The molecule has 4 fully saturated rings. The smallest absolute Gasteiger partial charge is 0.374 e. The number of nitrogens with zero attached hydrogens (tertiary/aromatic N) is 2. The lowest BCUT2D eigenvalue weighted by molar-refractivity contribution is -0.0566. The molecule has 1 aromatic rings. The molecule has 1 aliphatic carbocycles. The number of rotatable bonds is 0. The maximum absolute atomic E-state index is 8.74. The van der Waals surface area contributed by atoms with Gasteiger partial charge >= 0.3 is 10.4 Å². The second-order valence-electron chi connectivity index (χ2n) is 9.24. The number of hydrogen-bond donors (Lipinski definition) is 2. The van der Waals surface area contributed by atoms with Crippen molar-refractivity contribution in [2.24, 2.45) is 11.8 Å². The van der Waals surface area contributed by atoms with Gasteiger partial charge in [-0.1, -0.05) is 29.8 Å². The molecule has 7 nitrogen and oxygen atoms in total. The standard InChI is InChI=1S/C21H24N2O.H2O4S/c1-2-4-16-15(3-1)21-7-9-22-12-13-6-10-24-17-5-8-23(16)20(21)19(17)14(13)11-18(21)22;1-5(2,3)4/h1-4,6,14,17-20H,5,7-12H2;(H2,1,2,3,4). The normalized spacial score (nSPS) is 41.1. The molecule has 6 unspecified atom stereocenters. The Bertz CT molecular complexity index is 987. The molecule has 6 aliphatic rings. The highest BCUT2D eigenvalue weighted by molar-refractivity contribution is 7.79. The van der Waals surface area contributed by atoms with E-state index in [0.29, 0.717) is 23.5 Å². The average molecular weight is 419 g/mol. The summed E-state index contributed by atoms with van der Waals surface area (Å²) in [5, 5.41) is 0. The molecular weight excluding hydrogens is 392 g/mol. The Morgan fingerprint density at radius 1 is 1.17 bits per heavy atom. The first-order valence-electron chi connectivity index (χ1n) is 10.5. The molecule has 0 aromatic heterocycles. The fourth-order valence-electron chi connectivity index (χ4n) is 7.68. The van der Waals surface area contributed by atoms with E-state index in [1.807, 2.05) is 0 Å². The lowest BCUT2D eigenvalue weighted by Crippen LogP contribution is -2.68. The van der Waals surface area contributed by atoms with Crippen LogP contribution in [0.5, 0.6) is 0 Å². The highest BCUT2D eigenvalue weighted by Crippen LogP contribution is 2.65. The van der Waals surface area contributed by atoms with Gasteiger partial charge in [0.25, 0.3) is 0 Å². The first kappa shape index (κ1) is 18.3. The van der Waals surface area contributed by atoms with Crippen LogP contribution in [0.25, 0.3) is 0 Å². The molecule has 1 saturated carbocycles. The van der Waals surface area contributed by atoms with Crippen LogP contribution in [0, 0.1) is 11.8 Å². The average Bonchev–Trinajstić information content (AvgIpc) is 3.13. The molecule has 2 bridgehead atoms. The van der Waals surface area contributed by atoms with Crippen LogP contribution in [0.1, 0.15) is 24.8 Å². The van der Waals surface area contributed by atoms with Crippen LogP contribution in [0.4, 0.5) is 5.69 Å². The van der Waals surface area contributed by atoms with E-state index in [1.165, 1.54) is 38.9 Å². The quantitative estimate of drug-likeness (QED) is 0.491. The van der Waals surface area contributed by atoms with Crippen molar-refractivity contribution in [3.63, 3.8) is 0 Å². The van der Waals surface area contributed by atoms with Gasteiger partial charge in [-0.2, -0.15) is 8.42 Å². The van der Waals surface area contributed by atoms with E-state index >= 15 is 0 Å². The second-order valence-corrected chi connectivity index (χ2v) is 10.1. The van der Waals surface area contributed by atoms with E-state index in [0.717, 1.165) is 18.6 Å². The van der Waals surface area contributed by atoms with Crippen molar-refractivity contribution >= 4 is 16.1 Å². The molecule has 1 aromatic carbocycles. The van der Waals surface area contributed by atoms with Gasteiger partial charge in [-0.25, -0.2) is 0 Å². The Morgan fingerprint density at radius 2 is 1.97 bits per heavy atom. The zero-order valence-electron chi connectivity index (χ0n) is 16.1. The van der Waals surface area contributed by atoms with Gasteiger partial charge in [0.2, 0.25) is 0 Å². The third kappa shape index (κ3) is 2.47. The molecule has 5 heterocycles. The molecular formula is C21H26N2O5S. The van der Waals surface area contributed by atoms with Crippen LogP contribution in [-0.2, 0) is 20.6 Å². The van der Waals surface area contributed by atoms with Crippen molar-refractivity contribution in [2.45, 2.75) is 42.9 Å². The Morgan fingerprint density at radius 3 is 2.79 bits per heavy atom. The molecule has 8 heteroatoms. The summed E-state index contributed by atoms with van der Waals surface area (Å²) in [5.74, 6) is 1.48. The number of ether oxygens (including phenoxy) is 1. The Kier molecular flexibility index (Phi) is 3.82. The van der Waals surface area contributed by atoms with Gasteiger partial charge in [-0.15, -0.1) is 0 Å². The predicted octanol–water partition coefficient (Wildman–Crippen LogP) is 1.91. The Labute approximate surface area is 170 Å². The number of anilines is 1. The van der Waals surface area contributed by atoms with E-state index < -0.39 is 10.4 Å². The minimum Gasteiger partial charge on any atom is -0.374 e.